The van der Waals surface area contributed by atoms with Crippen molar-refractivity contribution in [3.05, 3.63) is 42.1 Å². The highest BCUT2D eigenvalue weighted by Crippen LogP contribution is 2.25. The van der Waals surface area contributed by atoms with Crippen LogP contribution in [0.25, 0.3) is 17.1 Å². The molecular weight excluding hydrogens is 226 g/mol. The zero-order chi connectivity index (χ0) is 9.38. The molecule has 0 amide bonds. The second-order valence-electron chi connectivity index (χ2n) is 3.48. The molecule has 3 heteroatoms. The van der Waals surface area contributed by atoms with Crippen molar-refractivity contribution in [2.75, 3.05) is 5.75 Å². The van der Waals surface area contributed by atoms with Gasteiger partial charge >= 0.3 is 0 Å². The Morgan fingerprint density at radius 1 is 1.20 bits per heavy atom. The van der Waals surface area contributed by atoms with Crippen LogP contribution in [0, 0.1) is 0 Å². The van der Waals surface area contributed by atoms with E-state index < -0.39 is 0 Å². The molecule has 0 aliphatic carbocycles. The number of para-hydroxylation sites is 1. The summed E-state index contributed by atoms with van der Waals surface area (Å²) < 4.78 is 2.23. The van der Waals surface area contributed by atoms with Crippen LogP contribution in [0.2, 0.25) is 0 Å². The fourth-order valence-corrected chi connectivity index (χ4v) is 2.72. The molecule has 0 saturated heterocycles. The summed E-state index contributed by atoms with van der Waals surface area (Å²) in [6.07, 6.45) is 6.53. The van der Waals surface area contributed by atoms with Gasteiger partial charge in [-0.15, -0.1) is 12.4 Å². The molecule has 3 rings (SSSR count). The van der Waals surface area contributed by atoms with E-state index in [-0.39, 0.29) is 12.4 Å². The molecule has 0 radical (unpaired) electrons. The minimum atomic E-state index is 0. The highest BCUT2D eigenvalue weighted by Gasteiger charge is 2.06. The molecule has 1 aromatic carbocycles. The van der Waals surface area contributed by atoms with E-state index >= 15 is 0 Å². The normalized spacial score (nSPS) is 14.4. The van der Waals surface area contributed by atoms with Crippen molar-refractivity contribution in [3.8, 4) is 0 Å². The van der Waals surface area contributed by atoms with Gasteiger partial charge in [0.25, 0.3) is 0 Å². The standard InChI is InChI=1S/C12H11NS.ClH/c1-3-10-5-7-13-6-2-8-14-9-11(4-1)12(10)13;/h1-7H,8-9H2;1H. The topological polar surface area (TPSA) is 4.93 Å². The van der Waals surface area contributed by atoms with E-state index in [0.29, 0.717) is 0 Å². The summed E-state index contributed by atoms with van der Waals surface area (Å²) in [5.74, 6) is 2.22. The Hall–Kier alpha value is -0.860. The first kappa shape index (κ1) is 10.7. The SMILES string of the molecule is C1=Cn2ccc3cccc(c32)CSC1.Cl. The first-order valence-corrected chi connectivity index (χ1v) is 5.93. The summed E-state index contributed by atoms with van der Waals surface area (Å²) in [7, 11) is 0. The largest absolute Gasteiger partial charge is 0.323 e. The number of hydrogen-bond donors (Lipinski definition) is 0. The molecule has 0 unspecified atom stereocenters. The lowest BCUT2D eigenvalue weighted by molar-refractivity contribution is 1.20. The molecule has 1 nitrogen and oxygen atoms in total. The molecule has 0 spiro atoms. The third kappa shape index (κ3) is 1.80. The van der Waals surface area contributed by atoms with E-state index in [2.05, 4.69) is 47.3 Å². The van der Waals surface area contributed by atoms with Crippen molar-refractivity contribution in [2.24, 2.45) is 0 Å². The summed E-state index contributed by atoms with van der Waals surface area (Å²) in [4.78, 5) is 0. The zero-order valence-electron chi connectivity index (χ0n) is 8.22. The average molecular weight is 238 g/mol. The van der Waals surface area contributed by atoms with Gasteiger partial charge in [0, 0.05) is 29.3 Å². The Bertz CT molecular complexity index is 501. The number of halogens is 1. The molecule has 0 N–H and O–H groups in total. The average Bonchev–Trinajstić information content (AvgIpc) is 2.57. The molecule has 1 aromatic heterocycles. The maximum Gasteiger partial charge on any atom is 0.0562 e. The first-order chi connectivity index (χ1) is 6.95. The lowest BCUT2D eigenvalue weighted by Gasteiger charge is -2.08. The number of benzene rings is 1. The number of aromatic nitrogens is 1. The van der Waals surface area contributed by atoms with Gasteiger partial charge in [0.05, 0.1) is 5.52 Å². The highest BCUT2D eigenvalue weighted by atomic mass is 35.5. The van der Waals surface area contributed by atoms with Gasteiger partial charge < -0.3 is 4.57 Å². The monoisotopic (exact) mass is 237 g/mol. The minimum absolute atomic E-state index is 0. The highest BCUT2D eigenvalue weighted by molar-refractivity contribution is 7.98. The Morgan fingerprint density at radius 2 is 2.13 bits per heavy atom. The van der Waals surface area contributed by atoms with Crippen LogP contribution in [-0.4, -0.2) is 10.3 Å². The second kappa shape index (κ2) is 4.33. The molecular formula is C12H12ClNS. The van der Waals surface area contributed by atoms with Gasteiger partial charge in [-0.2, -0.15) is 11.8 Å². The Labute approximate surface area is 99.6 Å². The first-order valence-electron chi connectivity index (χ1n) is 4.78. The fourth-order valence-electron chi connectivity index (χ4n) is 1.93. The lowest BCUT2D eigenvalue weighted by Crippen LogP contribution is -1.93. The maximum absolute atomic E-state index is 2.23. The van der Waals surface area contributed by atoms with Crippen LogP contribution in [-0.2, 0) is 5.75 Å². The summed E-state index contributed by atoms with van der Waals surface area (Å²) in [6.45, 7) is 0. The molecule has 1 aliphatic heterocycles. The smallest absolute Gasteiger partial charge is 0.0562 e. The van der Waals surface area contributed by atoms with E-state index in [9.17, 15) is 0 Å². The lowest BCUT2D eigenvalue weighted by atomic mass is 10.2. The van der Waals surface area contributed by atoms with Gasteiger partial charge in [-0.3, -0.25) is 0 Å². The quantitative estimate of drug-likeness (QED) is 0.675. The van der Waals surface area contributed by atoms with E-state index in [1.165, 1.54) is 16.5 Å². The van der Waals surface area contributed by atoms with Crippen molar-refractivity contribution in [1.29, 1.82) is 0 Å². The van der Waals surface area contributed by atoms with Gasteiger partial charge in [0.1, 0.15) is 0 Å². The van der Waals surface area contributed by atoms with Crippen LogP contribution < -0.4 is 0 Å². The summed E-state index contributed by atoms with van der Waals surface area (Å²) in [5, 5.41) is 1.34. The Kier molecular flexibility index (Phi) is 3.08. The van der Waals surface area contributed by atoms with Crippen LogP contribution in [0.3, 0.4) is 0 Å². The number of hydrogen-bond acceptors (Lipinski definition) is 1. The molecule has 78 valence electrons. The zero-order valence-corrected chi connectivity index (χ0v) is 9.85. The van der Waals surface area contributed by atoms with Crippen LogP contribution in [0.15, 0.2) is 36.5 Å². The molecule has 15 heavy (non-hydrogen) atoms. The maximum atomic E-state index is 2.23. The molecule has 2 heterocycles. The predicted octanol–water partition coefficient (Wildman–Crippen LogP) is 3.78. The number of rotatable bonds is 0. The van der Waals surface area contributed by atoms with Crippen LogP contribution in [0.5, 0.6) is 0 Å². The Morgan fingerprint density at radius 3 is 3.07 bits per heavy atom. The van der Waals surface area contributed by atoms with Crippen LogP contribution in [0.4, 0.5) is 0 Å². The molecule has 0 fully saturated rings. The predicted molar refractivity (Wildman–Crippen MR) is 70.7 cm³/mol. The van der Waals surface area contributed by atoms with Crippen LogP contribution in [0.1, 0.15) is 5.56 Å². The summed E-state index contributed by atoms with van der Waals surface area (Å²) in [6, 6.07) is 8.73. The van der Waals surface area contributed by atoms with Crippen molar-refractivity contribution < 1.29 is 0 Å². The van der Waals surface area contributed by atoms with E-state index in [1.807, 2.05) is 11.8 Å². The van der Waals surface area contributed by atoms with Gasteiger partial charge in [-0.25, -0.2) is 0 Å². The Balaban J connectivity index is 0.000000853. The molecule has 2 aromatic rings. The summed E-state index contributed by atoms with van der Waals surface area (Å²) in [5.41, 5.74) is 2.82. The van der Waals surface area contributed by atoms with Gasteiger partial charge in [-0.05, 0) is 11.6 Å². The van der Waals surface area contributed by atoms with Crippen LogP contribution >= 0.6 is 24.2 Å². The minimum Gasteiger partial charge on any atom is -0.323 e. The van der Waals surface area contributed by atoms with Crippen molar-refractivity contribution in [1.82, 2.24) is 4.57 Å². The molecule has 0 saturated carbocycles. The van der Waals surface area contributed by atoms with Gasteiger partial charge in [-0.1, -0.05) is 24.3 Å². The van der Waals surface area contributed by atoms with Crippen molar-refractivity contribution in [3.63, 3.8) is 0 Å². The van der Waals surface area contributed by atoms with Gasteiger partial charge in [0.2, 0.25) is 0 Å². The third-order valence-corrected chi connectivity index (χ3v) is 3.50. The van der Waals surface area contributed by atoms with E-state index in [0.717, 1.165) is 11.5 Å². The molecule has 0 atom stereocenters. The van der Waals surface area contributed by atoms with Crippen molar-refractivity contribution >= 4 is 41.3 Å². The fraction of sp³-hybridized carbons (Fsp3) is 0.167. The molecule has 0 bridgehead atoms. The second-order valence-corrected chi connectivity index (χ2v) is 4.51. The van der Waals surface area contributed by atoms with E-state index in [1.54, 1.807) is 0 Å². The van der Waals surface area contributed by atoms with Gasteiger partial charge in [0.15, 0.2) is 0 Å². The number of nitrogens with zero attached hydrogens (tertiary/aromatic N) is 1. The van der Waals surface area contributed by atoms with E-state index in [4.69, 9.17) is 0 Å². The molecule has 1 aliphatic rings. The van der Waals surface area contributed by atoms with Crippen molar-refractivity contribution in [2.45, 2.75) is 5.75 Å². The third-order valence-electron chi connectivity index (χ3n) is 2.56. The number of thioether (sulfide) groups is 1. The summed E-state index contributed by atoms with van der Waals surface area (Å²) >= 11 is 1.97.